The van der Waals surface area contributed by atoms with Crippen molar-refractivity contribution >= 4 is 58.0 Å². The number of nitriles is 1. The van der Waals surface area contributed by atoms with Crippen LogP contribution in [0.15, 0.2) is 71.3 Å². The zero-order valence-electron chi connectivity index (χ0n) is 36.9. The largest absolute Gasteiger partial charge is 0.491 e. The summed E-state index contributed by atoms with van der Waals surface area (Å²) in [4.78, 5) is 44.7. The number of hydrogen-bond donors (Lipinski definition) is 2. The Morgan fingerprint density at radius 3 is 2.27 bits per heavy atom. The molecule has 3 atom stereocenters. The Bertz CT molecular complexity index is 2440. The summed E-state index contributed by atoms with van der Waals surface area (Å²) >= 11 is 11.9. The van der Waals surface area contributed by atoms with Crippen molar-refractivity contribution in [2.45, 2.75) is 77.4 Å². The number of nitrogens with one attached hydrogen (secondary N) is 1. The van der Waals surface area contributed by atoms with Gasteiger partial charge in [0.15, 0.2) is 5.11 Å². The van der Waals surface area contributed by atoms with Gasteiger partial charge in [0, 0.05) is 41.9 Å². The van der Waals surface area contributed by atoms with E-state index in [9.17, 15) is 37.9 Å². The second-order valence-electron chi connectivity index (χ2n) is 16.5. The second kappa shape index (κ2) is 21.2. The topological polar surface area (TPSA) is 180 Å². The molecule has 2 saturated heterocycles. The van der Waals surface area contributed by atoms with Crippen molar-refractivity contribution in [3.63, 3.8) is 0 Å². The molecule has 2 N–H and O–H groups in total. The lowest BCUT2D eigenvalue weighted by Crippen LogP contribution is -2.48. The van der Waals surface area contributed by atoms with Crippen molar-refractivity contribution in [1.29, 1.82) is 5.26 Å². The number of aryl methyl sites for hydroxylation is 1. The first-order valence-corrected chi connectivity index (χ1v) is 21.9. The number of aromatic nitrogens is 1. The molecule has 3 heterocycles. The highest BCUT2D eigenvalue weighted by Crippen LogP contribution is 2.40. The van der Waals surface area contributed by atoms with E-state index in [1.54, 1.807) is 74.2 Å². The summed E-state index contributed by atoms with van der Waals surface area (Å²) in [6.45, 7) is 10.3. The lowest BCUT2D eigenvalue weighted by molar-refractivity contribution is -0.141. The van der Waals surface area contributed by atoms with Gasteiger partial charge < -0.3 is 43.7 Å². The van der Waals surface area contributed by atoms with E-state index in [1.807, 2.05) is 13.8 Å². The van der Waals surface area contributed by atoms with Crippen LogP contribution in [0.4, 0.5) is 24.5 Å². The lowest BCUT2D eigenvalue weighted by Gasteiger charge is -2.29. The quantitative estimate of drug-likeness (QED) is 0.0729. The molecule has 2 aliphatic rings. The Morgan fingerprint density at radius 1 is 1.00 bits per heavy atom. The molecule has 15 nitrogen and oxygen atoms in total. The fourth-order valence-electron chi connectivity index (χ4n) is 7.76. The molecule has 2 aliphatic heterocycles. The number of β-amino-alcohol motifs (C(OH)–C–C–N with tert-alkyl or cyclic N) is 1. The van der Waals surface area contributed by atoms with E-state index < -0.39 is 52.7 Å². The van der Waals surface area contributed by atoms with Crippen LogP contribution in [-0.2, 0) is 36.6 Å². The predicted molar refractivity (Wildman–Crippen MR) is 240 cm³/mol. The smallest absolute Gasteiger partial charge is 0.417 e. The highest BCUT2D eigenvalue weighted by molar-refractivity contribution is 7.81. The van der Waals surface area contributed by atoms with E-state index in [1.165, 1.54) is 17.0 Å². The first-order valence-electron chi connectivity index (χ1n) is 21.1. The number of hydrogen-bond acceptors (Lipinski definition) is 12. The number of benzene rings is 3. The number of anilines is 2. The first kappa shape index (κ1) is 49.6. The number of nitrogens with zero attached hydrogens (tertiary/aromatic N) is 5. The third kappa shape index (κ3) is 11.4. The van der Waals surface area contributed by atoms with Crippen molar-refractivity contribution in [2.75, 3.05) is 56.0 Å². The Labute approximate surface area is 390 Å². The number of alkyl halides is 3. The van der Waals surface area contributed by atoms with Crippen LogP contribution in [0.5, 0.6) is 11.5 Å². The monoisotopic (exact) mass is 954 g/mol. The molecule has 0 spiro atoms. The minimum atomic E-state index is -4.81. The molecule has 1 unspecified atom stereocenters. The molecule has 3 amide bonds. The van der Waals surface area contributed by atoms with E-state index in [-0.39, 0.29) is 81.8 Å². The highest BCUT2D eigenvalue weighted by Gasteiger charge is 2.51. The number of rotatable bonds is 19. The van der Waals surface area contributed by atoms with E-state index >= 15 is 0 Å². The molecular formula is C46H50ClF3N6O9S. The maximum Gasteiger partial charge on any atom is 0.417 e. The summed E-state index contributed by atoms with van der Waals surface area (Å²) in [6.07, 6.45) is -5.57. The van der Waals surface area contributed by atoms with Crippen LogP contribution < -0.4 is 24.6 Å². The van der Waals surface area contributed by atoms with E-state index in [0.29, 0.717) is 39.2 Å². The Kier molecular flexibility index (Phi) is 16.0. The van der Waals surface area contributed by atoms with Gasteiger partial charge in [-0.3, -0.25) is 19.3 Å². The fourth-order valence-corrected chi connectivity index (χ4v) is 8.44. The van der Waals surface area contributed by atoms with Gasteiger partial charge in [-0.25, -0.2) is 0 Å². The first-order chi connectivity index (χ1) is 31.3. The molecule has 0 saturated carbocycles. The number of aliphatic hydroxyl groups excluding tert-OH is 1. The predicted octanol–water partition coefficient (Wildman–Crippen LogP) is 6.95. The normalized spacial score (nSPS) is 17.6. The van der Waals surface area contributed by atoms with Crippen molar-refractivity contribution in [3.8, 4) is 17.6 Å². The Morgan fingerprint density at radius 2 is 1.65 bits per heavy atom. The molecule has 3 aromatic carbocycles. The summed E-state index contributed by atoms with van der Waals surface area (Å²) in [6, 6.07) is 17.2. The number of aliphatic hydroxyl groups is 1. The molecular weight excluding hydrogens is 905 g/mol. The zero-order chi connectivity index (χ0) is 47.9. The van der Waals surface area contributed by atoms with Gasteiger partial charge in [0.25, 0.3) is 5.91 Å². The van der Waals surface area contributed by atoms with Crippen molar-refractivity contribution in [3.05, 3.63) is 99.9 Å². The number of halogens is 4. The van der Waals surface area contributed by atoms with Crippen molar-refractivity contribution < 1.29 is 56.1 Å². The molecule has 0 bridgehead atoms. The second-order valence-corrected chi connectivity index (χ2v) is 17.3. The molecule has 0 radical (unpaired) electrons. The summed E-state index contributed by atoms with van der Waals surface area (Å²) in [5, 5.41) is 26.9. The average molecular weight is 955 g/mol. The zero-order valence-corrected chi connectivity index (χ0v) is 38.5. The van der Waals surface area contributed by atoms with Crippen molar-refractivity contribution in [2.24, 2.45) is 5.92 Å². The van der Waals surface area contributed by atoms with Gasteiger partial charge in [0.2, 0.25) is 11.8 Å². The minimum absolute atomic E-state index is 0.0186. The highest BCUT2D eigenvalue weighted by atomic mass is 35.5. The molecule has 4 aromatic rings. The Balaban J connectivity index is 0.907. The third-order valence-corrected chi connectivity index (χ3v) is 11.6. The van der Waals surface area contributed by atoms with Gasteiger partial charge in [-0.1, -0.05) is 36.7 Å². The summed E-state index contributed by atoms with van der Waals surface area (Å²) in [7, 11) is 0. The van der Waals surface area contributed by atoms with Gasteiger partial charge in [0.1, 0.15) is 48.0 Å². The number of carbonyl (C=O) groups is 3. The molecule has 6 rings (SSSR count). The lowest BCUT2D eigenvalue weighted by atomic mass is 9.91. The van der Waals surface area contributed by atoms with Crippen LogP contribution in [0.2, 0.25) is 5.02 Å². The number of amides is 3. The van der Waals surface area contributed by atoms with Crippen LogP contribution in [-0.4, -0.2) is 102 Å². The molecule has 352 valence electrons. The van der Waals surface area contributed by atoms with Crippen LogP contribution in [0.1, 0.15) is 68.2 Å². The van der Waals surface area contributed by atoms with Crippen molar-refractivity contribution in [1.82, 2.24) is 15.4 Å². The van der Waals surface area contributed by atoms with Crippen LogP contribution in [0.25, 0.3) is 0 Å². The maximum atomic E-state index is 13.7. The fraction of sp³-hybridized carbons (Fsp3) is 0.435. The molecule has 20 heteroatoms. The number of carbonyl (C=O) groups excluding carboxylic acids is 3. The number of thiocarbonyl (C=S) groups is 1. The van der Waals surface area contributed by atoms with Gasteiger partial charge in [-0.05, 0) is 93.5 Å². The van der Waals surface area contributed by atoms with E-state index in [2.05, 4.69) is 10.5 Å². The molecule has 0 aliphatic carbocycles. The minimum Gasteiger partial charge on any atom is -0.491 e. The van der Waals surface area contributed by atoms with Crippen LogP contribution in [0, 0.1) is 24.2 Å². The van der Waals surface area contributed by atoms with Gasteiger partial charge in [-0.15, -0.1) is 0 Å². The third-order valence-electron chi connectivity index (χ3n) is 11.0. The van der Waals surface area contributed by atoms with Gasteiger partial charge in [0.05, 0.1) is 61.1 Å². The van der Waals surface area contributed by atoms with Gasteiger partial charge >= 0.3 is 6.18 Å². The SMILES string of the molecule is Cc1cc(C(C(=O)N2C[C@H](O)C[C@H]2C(=O)NCc2ccc(Cl)cc2OCCOCCOCCOc2ccc(N3C(=S)N(c4ccc(C#N)c(C(F)(F)F)c4)C(=O)C3(C)C)cc2)C(C)C)on1. The standard InChI is InChI=1S/C46H50ClF3N6O9S/c1-27(2)40(39-20-28(3)53-65-39)42(59)54-26-34(57)23-37(54)41(58)52-25-30-6-8-31(47)21-38(30)64-19-17-62-15-14-61-16-18-63-35-12-10-32(11-13-35)56-44(66)55(43(60)45(56,4)5)33-9-7-29(24-51)36(22-33)46(48,49)50/h6-13,20-22,27,34,37,40,57H,14-19,23,25-26H2,1-5H3,(H,52,58)/t34-,37+,40?/m1/s1. The van der Waals surface area contributed by atoms with Crippen LogP contribution in [0.3, 0.4) is 0 Å². The summed E-state index contributed by atoms with van der Waals surface area (Å²) in [5.74, 6) is -0.712. The van der Waals surface area contributed by atoms with E-state index in [4.69, 9.17) is 47.3 Å². The van der Waals surface area contributed by atoms with E-state index in [0.717, 1.165) is 17.0 Å². The number of ether oxygens (including phenoxy) is 4. The molecule has 66 heavy (non-hydrogen) atoms. The van der Waals surface area contributed by atoms with Gasteiger partial charge in [-0.2, -0.15) is 18.4 Å². The molecule has 2 fully saturated rings. The molecule has 1 aromatic heterocycles. The van der Waals surface area contributed by atoms with Crippen LogP contribution >= 0.6 is 23.8 Å². The average Bonchev–Trinajstić information content (AvgIpc) is 3.93. The Hall–Kier alpha value is -5.78. The maximum absolute atomic E-state index is 13.7. The summed E-state index contributed by atoms with van der Waals surface area (Å²) in [5.41, 5.74) is -1.25. The summed E-state index contributed by atoms with van der Waals surface area (Å²) < 4.78 is 69.5. The number of likely N-dealkylation sites (tertiary alicyclic amines) is 1.